The smallest absolute Gasteiger partial charge is 0.339 e. The summed E-state index contributed by atoms with van der Waals surface area (Å²) in [6.07, 6.45) is 1.68. The van der Waals surface area contributed by atoms with E-state index in [4.69, 9.17) is 4.18 Å². The first-order valence-corrected chi connectivity index (χ1v) is 12.9. The van der Waals surface area contributed by atoms with Crippen LogP contribution in [0.4, 0.5) is 5.69 Å². The first kappa shape index (κ1) is 23.6. The first-order chi connectivity index (χ1) is 16.2. The van der Waals surface area contributed by atoms with Gasteiger partial charge in [0.25, 0.3) is 0 Å². The molecule has 34 heavy (non-hydrogen) atoms. The van der Waals surface area contributed by atoms with Gasteiger partial charge in [0.2, 0.25) is 5.91 Å². The Labute approximate surface area is 208 Å². The highest BCUT2D eigenvalue weighted by Crippen LogP contribution is 2.32. The Morgan fingerprint density at radius 1 is 1.15 bits per heavy atom. The SMILES string of the molecule is CC(=O)Nc1ccc(S(=O)(=O)Oc2ccc(/C=C(\C#N)c3nc4ccccc4s3)cc2Br)cc1. The third-order valence-corrected chi connectivity index (χ3v) is 7.51. The lowest BCUT2D eigenvalue weighted by Crippen LogP contribution is -2.11. The molecule has 170 valence electrons. The maximum atomic E-state index is 12.7. The molecule has 0 aliphatic heterocycles. The highest BCUT2D eigenvalue weighted by atomic mass is 79.9. The van der Waals surface area contributed by atoms with Crippen LogP contribution in [0.1, 0.15) is 17.5 Å². The molecular weight excluding hydrogens is 538 g/mol. The van der Waals surface area contributed by atoms with Crippen LogP contribution < -0.4 is 9.50 Å². The number of thiazole rings is 1. The third kappa shape index (κ3) is 5.34. The molecule has 0 aliphatic carbocycles. The number of aromatic nitrogens is 1. The topological polar surface area (TPSA) is 109 Å². The second kappa shape index (κ2) is 9.77. The van der Waals surface area contributed by atoms with Crippen LogP contribution in [0, 0.1) is 11.3 Å². The maximum absolute atomic E-state index is 12.7. The van der Waals surface area contributed by atoms with Crippen LogP contribution >= 0.6 is 27.3 Å². The van der Waals surface area contributed by atoms with Crippen molar-refractivity contribution in [3.63, 3.8) is 0 Å². The van der Waals surface area contributed by atoms with E-state index >= 15 is 0 Å². The van der Waals surface area contributed by atoms with Crippen molar-refractivity contribution in [1.82, 2.24) is 4.98 Å². The molecule has 0 unspecified atom stereocenters. The molecule has 1 heterocycles. The van der Waals surface area contributed by atoms with Crippen LogP contribution in [0.25, 0.3) is 21.9 Å². The Hall–Kier alpha value is -3.52. The molecule has 10 heteroatoms. The monoisotopic (exact) mass is 553 g/mol. The highest BCUT2D eigenvalue weighted by molar-refractivity contribution is 9.10. The predicted octanol–water partition coefficient (Wildman–Crippen LogP) is 5.85. The number of rotatable bonds is 6. The molecule has 0 spiro atoms. The summed E-state index contributed by atoms with van der Waals surface area (Å²) in [5.41, 5.74) is 2.37. The molecule has 0 atom stereocenters. The number of nitriles is 1. The molecule has 0 fully saturated rings. The second-order valence-electron chi connectivity index (χ2n) is 7.09. The number of anilines is 1. The van der Waals surface area contributed by atoms with Crippen molar-refractivity contribution >= 4 is 70.8 Å². The van der Waals surface area contributed by atoms with Gasteiger partial charge in [-0.05, 0) is 76.1 Å². The summed E-state index contributed by atoms with van der Waals surface area (Å²) in [6, 6.07) is 20.3. The zero-order valence-corrected chi connectivity index (χ0v) is 20.9. The zero-order valence-electron chi connectivity index (χ0n) is 17.7. The Morgan fingerprint density at radius 2 is 1.88 bits per heavy atom. The fourth-order valence-electron chi connectivity index (χ4n) is 3.04. The van der Waals surface area contributed by atoms with Gasteiger partial charge in [-0.2, -0.15) is 13.7 Å². The van der Waals surface area contributed by atoms with Crippen molar-refractivity contribution < 1.29 is 17.4 Å². The Balaban J connectivity index is 1.56. The minimum Gasteiger partial charge on any atom is -0.378 e. The number of allylic oxidation sites excluding steroid dienone is 1. The van der Waals surface area contributed by atoms with Crippen molar-refractivity contribution in [2.24, 2.45) is 0 Å². The summed E-state index contributed by atoms with van der Waals surface area (Å²) in [5.74, 6) is -0.158. The molecule has 0 saturated heterocycles. The zero-order chi connectivity index (χ0) is 24.3. The molecule has 7 nitrogen and oxygen atoms in total. The van der Waals surface area contributed by atoms with Gasteiger partial charge in [0.05, 0.1) is 20.3 Å². The molecule has 4 aromatic rings. The molecule has 0 radical (unpaired) electrons. The fraction of sp³-hybridized carbons (Fsp3) is 0.0417. The van der Waals surface area contributed by atoms with E-state index in [0.717, 1.165) is 10.2 Å². The van der Waals surface area contributed by atoms with Crippen molar-refractivity contribution in [3.8, 4) is 11.8 Å². The number of carbonyl (C=O) groups excluding carboxylic acids is 1. The number of amides is 1. The number of nitrogens with one attached hydrogen (secondary N) is 1. The van der Waals surface area contributed by atoms with Crippen molar-refractivity contribution in [2.45, 2.75) is 11.8 Å². The molecule has 0 aliphatic rings. The van der Waals surface area contributed by atoms with E-state index in [1.54, 1.807) is 18.2 Å². The number of hydrogen-bond donors (Lipinski definition) is 1. The lowest BCUT2D eigenvalue weighted by molar-refractivity contribution is -0.114. The number of fused-ring (bicyclic) bond motifs is 1. The maximum Gasteiger partial charge on any atom is 0.339 e. The summed E-state index contributed by atoms with van der Waals surface area (Å²) < 4.78 is 32.0. The highest BCUT2D eigenvalue weighted by Gasteiger charge is 2.18. The van der Waals surface area contributed by atoms with Crippen LogP contribution in [0.3, 0.4) is 0 Å². The molecule has 4 rings (SSSR count). The average molecular weight is 554 g/mol. The van der Waals surface area contributed by atoms with Gasteiger partial charge in [0.15, 0.2) is 5.75 Å². The Kier molecular flexibility index (Phi) is 6.79. The predicted molar refractivity (Wildman–Crippen MR) is 136 cm³/mol. The normalized spacial score (nSPS) is 11.7. The van der Waals surface area contributed by atoms with E-state index in [-0.39, 0.29) is 16.6 Å². The van der Waals surface area contributed by atoms with E-state index in [0.29, 0.717) is 26.3 Å². The number of para-hydroxylation sites is 1. The average Bonchev–Trinajstić information content (AvgIpc) is 3.23. The second-order valence-corrected chi connectivity index (χ2v) is 10.5. The third-order valence-electron chi connectivity index (χ3n) is 4.57. The van der Waals surface area contributed by atoms with Gasteiger partial charge in [-0.15, -0.1) is 11.3 Å². The number of carbonyl (C=O) groups is 1. The van der Waals surface area contributed by atoms with Gasteiger partial charge in [-0.1, -0.05) is 18.2 Å². The lowest BCUT2D eigenvalue weighted by Gasteiger charge is -2.10. The van der Waals surface area contributed by atoms with Crippen LogP contribution in [0.15, 0.2) is 76.1 Å². The van der Waals surface area contributed by atoms with E-state index in [1.807, 2.05) is 24.3 Å². The first-order valence-electron chi connectivity index (χ1n) is 9.84. The van der Waals surface area contributed by atoms with Crippen molar-refractivity contribution in [1.29, 1.82) is 5.26 Å². The van der Waals surface area contributed by atoms with Crippen LogP contribution in [-0.4, -0.2) is 19.3 Å². The van der Waals surface area contributed by atoms with Crippen molar-refractivity contribution in [3.05, 3.63) is 81.8 Å². The minimum atomic E-state index is -4.10. The van der Waals surface area contributed by atoms with Gasteiger partial charge in [-0.3, -0.25) is 4.79 Å². The molecule has 0 bridgehead atoms. The van der Waals surface area contributed by atoms with E-state index in [9.17, 15) is 18.5 Å². The minimum absolute atomic E-state index is 0.0555. The molecular formula is C24H16BrN3O4S2. The molecule has 3 aromatic carbocycles. The largest absolute Gasteiger partial charge is 0.378 e. The van der Waals surface area contributed by atoms with Crippen LogP contribution in [-0.2, 0) is 14.9 Å². The molecule has 1 amide bonds. The standard InChI is InChI=1S/C24H16BrN3O4S2/c1-15(29)27-18-7-9-19(10-8-18)34(30,31)32-22-11-6-16(13-20(22)25)12-17(14-26)24-28-21-4-2-3-5-23(21)33-24/h2-13H,1H3,(H,27,29)/b17-12+. The van der Waals surface area contributed by atoms with Crippen LogP contribution in [0.2, 0.25) is 0 Å². The number of halogens is 1. The summed E-state index contributed by atoms with van der Waals surface area (Å²) in [7, 11) is -4.10. The van der Waals surface area contributed by atoms with Crippen molar-refractivity contribution in [2.75, 3.05) is 5.32 Å². The van der Waals surface area contributed by atoms with Crippen LogP contribution in [0.5, 0.6) is 5.75 Å². The lowest BCUT2D eigenvalue weighted by atomic mass is 10.1. The summed E-state index contributed by atoms with van der Waals surface area (Å²) >= 11 is 4.77. The quantitative estimate of drug-likeness (QED) is 0.237. The summed E-state index contributed by atoms with van der Waals surface area (Å²) in [6.45, 7) is 1.36. The fourth-order valence-corrected chi connectivity index (χ4v) is 5.51. The molecule has 1 aromatic heterocycles. The number of nitrogens with zero attached hydrogens (tertiary/aromatic N) is 2. The van der Waals surface area contributed by atoms with E-state index in [2.05, 4.69) is 32.3 Å². The molecule has 0 saturated carbocycles. The van der Waals surface area contributed by atoms with E-state index < -0.39 is 10.1 Å². The van der Waals surface area contributed by atoms with Gasteiger partial charge < -0.3 is 9.50 Å². The van der Waals surface area contributed by atoms with Gasteiger partial charge in [-0.25, -0.2) is 4.98 Å². The summed E-state index contributed by atoms with van der Waals surface area (Å²) in [4.78, 5) is 15.6. The van der Waals surface area contributed by atoms with E-state index in [1.165, 1.54) is 48.6 Å². The molecule has 1 N–H and O–H groups in total. The van der Waals surface area contributed by atoms with Gasteiger partial charge >= 0.3 is 10.1 Å². The Bertz CT molecular complexity index is 1540. The summed E-state index contributed by atoms with van der Waals surface area (Å²) in [5, 5.41) is 12.8. The van der Waals surface area contributed by atoms with Gasteiger partial charge in [0, 0.05) is 12.6 Å². The number of hydrogen-bond acceptors (Lipinski definition) is 7. The number of benzene rings is 3. The Morgan fingerprint density at radius 3 is 2.53 bits per heavy atom. The van der Waals surface area contributed by atoms with Gasteiger partial charge in [0.1, 0.15) is 16.0 Å².